The Morgan fingerprint density at radius 3 is 2.60 bits per heavy atom. The maximum Gasteiger partial charge on any atom is 0.0229 e. The van der Waals surface area contributed by atoms with Crippen LogP contribution in [0.15, 0.2) is 0 Å². The Balaban J connectivity index is 1.84. The first-order valence-electron chi connectivity index (χ1n) is 8.83. The lowest BCUT2D eigenvalue weighted by Crippen LogP contribution is -2.42. The minimum Gasteiger partial charge on any atom is -0.314 e. The topological polar surface area (TPSA) is 18.5 Å². The van der Waals surface area contributed by atoms with E-state index in [1.54, 1.807) is 0 Å². The lowest BCUT2D eigenvalue weighted by atomic mass is 9.94. The molecule has 1 aliphatic carbocycles. The molecule has 0 bridgehead atoms. The molecule has 3 atom stereocenters. The molecular formula is C17H35N3. The number of nitrogens with one attached hydrogen (secondary N) is 1. The van der Waals surface area contributed by atoms with Crippen molar-refractivity contribution in [2.75, 3.05) is 40.3 Å². The Morgan fingerprint density at radius 2 is 1.90 bits per heavy atom. The van der Waals surface area contributed by atoms with E-state index in [9.17, 15) is 0 Å². The van der Waals surface area contributed by atoms with Gasteiger partial charge in [0.05, 0.1) is 0 Å². The van der Waals surface area contributed by atoms with E-state index in [0.29, 0.717) is 0 Å². The first-order valence-corrected chi connectivity index (χ1v) is 8.83. The molecule has 1 heterocycles. The van der Waals surface area contributed by atoms with Crippen LogP contribution >= 0.6 is 0 Å². The fraction of sp³-hybridized carbons (Fsp3) is 1.00. The van der Waals surface area contributed by atoms with Crippen LogP contribution in [0.3, 0.4) is 0 Å². The first-order chi connectivity index (χ1) is 9.70. The van der Waals surface area contributed by atoms with E-state index in [0.717, 1.165) is 18.0 Å². The molecule has 1 aliphatic heterocycles. The van der Waals surface area contributed by atoms with E-state index in [1.165, 1.54) is 71.1 Å². The van der Waals surface area contributed by atoms with Crippen molar-refractivity contribution in [3.05, 3.63) is 0 Å². The minimum atomic E-state index is 0.774. The number of nitrogens with zero attached hydrogens (tertiary/aromatic N) is 2. The Hall–Kier alpha value is -0.120. The highest BCUT2D eigenvalue weighted by Gasteiger charge is 2.29. The molecule has 118 valence electrons. The molecule has 2 aliphatic rings. The predicted molar refractivity (Wildman–Crippen MR) is 87.2 cm³/mol. The second-order valence-electron chi connectivity index (χ2n) is 7.12. The number of likely N-dealkylation sites (N-methyl/N-ethyl adjacent to an activating group) is 1. The summed E-state index contributed by atoms with van der Waals surface area (Å²) in [6.07, 6.45) is 9.77. The molecule has 0 aromatic carbocycles. The number of hydrogen-bond acceptors (Lipinski definition) is 3. The summed E-state index contributed by atoms with van der Waals surface area (Å²) in [7, 11) is 4.46. The number of likely N-dealkylation sites (tertiary alicyclic amines) is 1. The predicted octanol–water partition coefficient (Wildman–Crippen LogP) is 2.57. The van der Waals surface area contributed by atoms with Gasteiger partial charge >= 0.3 is 0 Å². The maximum atomic E-state index is 3.83. The number of hydrogen-bond donors (Lipinski definition) is 1. The molecule has 1 saturated carbocycles. The monoisotopic (exact) mass is 281 g/mol. The zero-order chi connectivity index (χ0) is 14.4. The Morgan fingerprint density at radius 1 is 1.10 bits per heavy atom. The molecule has 0 spiro atoms. The lowest BCUT2D eigenvalue weighted by Gasteiger charge is -2.30. The van der Waals surface area contributed by atoms with Crippen LogP contribution < -0.4 is 5.32 Å². The number of rotatable bonds is 6. The van der Waals surface area contributed by atoms with Crippen molar-refractivity contribution >= 4 is 0 Å². The van der Waals surface area contributed by atoms with Gasteiger partial charge in [-0.25, -0.2) is 0 Å². The Labute approximate surface area is 126 Å². The van der Waals surface area contributed by atoms with Crippen molar-refractivity contribution in [2.45, 2.75) is 64.0 Å². The largest absolute Gasteiger partial charge is 0.314 e. The fourth-order valence-corrected chi connectivity index (χ4v) is 3.93. The quantitative estimate of drug-likeness (QED) is 0.755. The molecule has 0 aromatic rings. The summed E-state index contributed by atoms with van der Waals surface area (Å²) in [5, 5.41) is 3.83. The van der Waals surface area contributed by atoms with Gasteiger partial charge in [0.2, 0.25) is 0 Å². The van der Waals surface area contributed by atoms with Gasteiger partial charge in [0.25, 0.3) is 0 Å². The lowest BCUT2D eigenvalue weighted by molar-refractivity contribution is 0.208. The van der Waals surface area contributed by atoms with Gasteiger partial charge in [0.1, 0.15) is 0 Å². The van der Waals surface area contributed by atoms with Crippen LogP contribution in [-0.2, 0) is 0 Å². The van der Waals surface area contributed by atoms with Crippen LogP contribution in [0.2, 0.25) is 0 Å². The highest BCUT2D eigenvalue weighted by Crippen LogP contribution is 2.26. The van der Waals surface area contributed by atoms with Gasteiger partial charge in [-0.15, -0.1) is 0 Å². The highest BCUT2D eigenvalue weighted by molar-refractivity contribution is 4.86. The molecular weight excluding hydrogens is 246 g/mol. The van der Waals surface area contributed by atoms with E-state index < -0.39 is 0 Å². The van der Waals surface area contributed by atoms with Crippen molar-refractivity contribution in [3.8, 4) is 0 Å². The average molecular weight is 281 g/mol. The van der Waals surface area contributed by atoms with Crippen molar-refractivity contribution in [2.24, 2.45) is 5.92 Å². The molecule has 3 unspecified atom stereocenters. The van der Waals surface area contributed by atoms with Crippen LogP contribution in [0.1, 0.15) is 51.9 Å². The van der Waals surface area contributed by atoms with Gasteiger partial charge in [-0.3, -0.25) is 0 Å². The van der Waals surface area contributed by atoms with Crippen LogP contribution in [0.4, 0.5) is 0 Å². The average Bonchev–Trinajstić information content (AvgIpc) is 2.78. The minimum absolute atomic E-state index is 0.774. The zero-order valence-electron chi connectivity index (χ0n) is 13.9. The van der Waals surface area contributed by atoms with E-state index in [4.69, 9.17) is 0 Å². The van der Waals surface area contributed by atoms with E-state index >= 15 is 0 Å². The highest BCUT2D eigenvalue weighted by atomic mass is 15.2. The summed E-state index contributed by atoms with van der Waals surface area (Å²) in [6.45, 7) is 7.39. The van der Waals surface area contributed by atoms with Gasteiger partial charge in [-0.05, 0) is 58.8 Å². The van der Waals surface area contributed by atoms with Gasteiger partial charge in [0.15, 0.2) is 0 Å². The van der Waals surface area contributed by atoms with Gasteiger partial charge in [-0.1, -0.05) is 26.2 Å². The molecule has 2 rings (SSSR count). The molecule has 0 amide bonds. The van der Waals surface area contributed by atoms with Crippen LogP contribution in [0.5, 0.6) is 0 Å². The van der Waals surface area contributed by atoms with E-state index in [2.05, 4.69) is 36.1 Å². The summed E-state index contributed by atoms with van der Waals surface area (Å²) in [4.78, 5) is 5.13. The fourth-order valence-electron chi connectivity index (χ4n) is 3.93. The molecule has 20 heavy (non-hydrogen) atoms. The first kappa shape index (κ1) is 16.3. The molecule has 3 heteroatoms. The third-order valence-corrected chi connectivity index (χ3v) is 5.29. The molecule has 0 aromatic heterocycles. The van der Waals surface area contributed by atoms with E-state index in [-0.39, 0.29) is 0 Å². The van der Waals surface area contributed by atoms with Gasteiger partial charge in [0, 0.05) is 25.2 Å². The Bertz CT molecular complexity index is 267. The SMILES string of the molecule is CCCNC1CCCCCC1CN1CCC(N(C)C)C1. The van der Waals surface area contributed by atoms with Crippen molar-refractivity contribution in [3.63, 3.8) is 0 Å². The summed E-state index contributed by atoms with van der Waals surface area (Å²) < 4.78 is 0. The molecule has 3 nitrogen and oxygen atoms in total. The molecule has 1 saturated heterocycles. The third kappa shape index (κ3) is 4.71. The summed E-state index contributed by atoms with van der Waals surface area (Å²) >= 11 is 0. The Kier molecular flexibility index (Phi) is 6.79. The maximum absolute atomic E-state index is 3.83. The summed E-state index contributed by atoms with van der Waals surface area (Å²) in [5.74, 6) is 0.880. The molecule has 1 N–H and O–H groups in total. The van der Waals surface area contributed by atoms with Crippen LogP contribution in [0.25, 0.3) is 0 Å². The second-order valence-corrected chi connectivity index (χ2v) is 7.12. The van der Waals surface area contributed by atoms with Gasteiger partial charge in [-0.2, -0.15) is 0 Å². The van der Waals surface area contributed by atoms with E-state index in [1.807, 2.05) is 0 Å². The van der Waals surface area contributed by atoms with Crippen molar-refractivity contribution in [1.29, 1.82) is 0 Å². The standard InChI is InChI=1S/C17H35N3/c1-4-11-18-17-9-7-5-6-8-15(17)13-20-12-10-16(14-20)19(2)3/h15-18H,4-14H2,1-3H3. The van der Waals surface area contributed by atoms with Crippen LogP contribution in [-0.4, -0.2) is 62.2 Å². The van der Waals surface area contributed by atoms with Crippen molar-refractivity contribution < 1.29 is 0 Å². The zero-order valence-corrected chi connectivity index (χ0v) is 13.9. The normalized spacial score (nSPS) is 32.7. The van der Waals surface area contributed by atoms with Gasteiger partial charge < -0.3 is 15.1 Å². The van der Waals surface area contributed by atoms with Crippen LogP contribution in [0, 0.1) is 5.92 Å². The third-order valence-electron chi connectivity index (χ3n) is 5.29. The van der Waals surface area contributed by atoms with Crippen molar-refractivity contribution in [1.82, 2.24) is 15.1 Å². The smallest absolute Gasteiger partial charge is 0.0229 e. The molecule has 2 fully saturated rings. The summed E-state index contributed by atoms with van der Waals surface area (Å²) in [6, 6.07) is 1.55. The molecule has 0 radical (unpaired) electrons. The summed E-state index contributed by atoms with van der Waals surface area (Å²) in [5.41, 5.74) is 0. The second kappa shape index (κ2) is 8.35.